The molecular weight excluding hydrogens is 206 g/mol. The average Bonchev–Trinajstić information content (AvgIpc) is 2.75. The summed E-state index contributed by atoms with van der Waals surface area (Å²) in [5.74, 6) is 0.0815. The van der Waals surface area contributed by atoms with E-state index in [1.807, 2.05) is 0 Å². The fourth-order valence-corrected chi connectivity index (χ4v) is 2.65. The van der Waals surface area contributed by atoms with Gasteiger partial charge in [0.1, 0.15) is 0 Å². The summed E-state index contributed by atoms with van der Waals surface area (Å²) >= 11 is 0. The Morgan fingerprint density at radius 3 is 3.19 bits per heavy atom. The largest absolute Gasteiger partial charge is 0.375 e. The van der Waals surface area contributed by atoms with Crippen LogP contribution in [-0.4, -0.2) is 55.7 Å². The van der Waals surface area contributed by atoms with Crippen molar-refractivity contribution in [3.8, 4) is 0 Å². The number of hydrogen-bond donors (Lipinski definition) is 2. The Hall–Kier alpha value is -0.650. The van der Waals surface area contributed by atoms with Crippen LogP contribution in [0.1, 0.15) is 19.3 Å². The smallest absolute Gasteiger partial charge is 0.234 e. The van der Waals surface area contributed by atoms with Gasteiger partial charge >= 0.3 is 0 Å². The lowest BCUT2D eigenvalue weighted by atomic mass is 10.1. The normalized spacial score (nSPS) is 30.1. The summed E-state index contributed by atoms with van der Waals surface area (Å²) in [5.41, 5.74) is 5.35. The van der Waals surface area contributed by atoms with Crippen molar-refractivity contribution >= 4 is 5.91 Å². The van der Waals surface area contributed by atoms with Crippen molar-refractivity contribution in [3.63, 3.8) is 0 Å². The van der Waals surface area contributed by atoms with E-state index in [2.05, 4.69) is 10.2 Å². The average molecular weight is 227 g/mol. The Kier molecular flexibility index (Phi) is 4.15. The van der Waals surface area contributed by atoms with Crippen LogP contribution >= 0.6 is 0 Å². The van der Waals surface area contributed by atoms with E-state index in [4.69, 9.17) is 10.5 Å². The predicted molar refractivity (Wildman–Crippen MR) is 61.0 cm³/mol. The molecule has 1 heterocycles. The highest BCUT2D eigenvalue weighted by Gasteiger charge is 2.36. The van der Waals surface area contributed by atoms with Gasteiger partial charge in [-0.05, 0) is 19.3 Å². The third-order valence-corrected chi connectivity index (χ3v) is 3.41. The van der Waals surface area contributed by atoms with Crippen molar-refractivity contribution in [1.82, 2.24) is 10.2 Å². The van der Waals surface area contributed by atoms with Gasteiger partial charge in [0.2, 0.25) is 5.91 Å². The maximum Gasteiger partial charge on any atom is 0.234 e. The van der Waals surface area contributed by atoms with Crippen LogP contribution in [0.5, 0.6) is 0 Å². The molecule has 0 spiro atoms. The molecule has 0 aromatic heterocycles. The summed E-state index contributed by atoms with van der Waals surface area (Å²) in [6, 6.07) is 0.456. The molecule has 5 heteroatoms. The van der Waals surface area contributed by atoms with Gasteiger partial charge in [-0.1, -0.05) is 0 Å². The van der Waals surface area contributed by atoms with Gasteiger partial charge in [-0.3, -0.25) is 9.69 Å². The van der Waals surface area contributed by atoms with E-state index in [-0.39, 0.29) is 5.91 Å². The first-order valence-corrected chi connectivity index (χ1v) is 6.13. The summed E-state index contributed by atoms with van der Waals surface area (Å²) in [6.45, 7) is 3.19. The van der Waals surface area contributed by atoms with Gasteiger partial charge < -0.3 is 15.8 Å². The molecule has 2 fully saturated rings. The maximum absolute atomic E-state index is 11.6. The summed E-state index contributed by atoms with van der Waals surface area (Å²) in [4.78, 5) is 13.9. The van der Waals surface area contributed by atoms with Gasteiger partial charge in [-0.15, -0.1) is 0 Å². The van der Waals surface area contributed by atoms with Gasteiger partial charge in [0.25, 0.3) is 0 Å². The number of amides is 1. The quantitative estimate of drug-likeness (QED) is 0.667. The molecule has 16 heavy (non-hydrogen) atoms. The predicted octanol–water partition coefficient (Wildman–Crippen LogP) is -0.685. The molecule has 0 radical (unpaired) electrons. The lowest BCUT2D eigenvalue weighted by Gasteiger charge is -2.37. The fourth-order valence-electron chi connectivity index (χ4n) is 2.65. The van der Waals surface area contributed by atoms with Gasteiger partial charge in [0, 0.05) is 25.7 Å². The van der Waals surface area contributed by atoms with E-state index in [1.54, 1.807) is 0 Å². The first-order valence-electron chi connectivity index (χ1n) is 6.13. The second-order valence-electron chi connectivity index (χ2n) is 4.52. The topological polar surface area (TPSA) is 67.6 Å². The van der Waals surface area contributed by atoms with E-state index in [1.165, 1.54) is 6.42 Å². The number of nitrogens with two attached hydrogens (primary N) is 1. The van der Waals surface area contributed by atoms with Crippen LogP contribution in [0, 0.1) is 0 Å². The molecule has 1 saturated carbocycles. The monoisotopic (exact) mass is 227 g/mol. The third-order valence-electron chi connectivity index (χ3n) is 3.41. The number of hydrogen-bond acceptors (Lipinski definition) is 4. The number of ether oxygens (including phenoxy) is 1. The Morgan fingerprint density at radius 2 is 2.38 bits per heavy atom. The van der Waals surface area contributed by atoms with Gasteiger partial charge in [-0.2, -0.15) is 0 Å². The molecule has 1 aliphatic carbocycles. The minimum absolute atomic E-state index is 0.0815. The van der Waals surface area contributed by atoms with Gasteiger partial charge in [-0.25, -0.2) is 0 Å². The third kappa shape index (κ3) is 2.72. The van der Waals surface area contributed by atoms with Crippen molar-refractivity contribution in [2.24, 2.45) is 5.73 Å². The molecule has 1 saturated heterocycles. The molecule has 0 aromatic rings. The first-order chi connectivity index (χ1) is 7.81. The molecule has 0 bridgehead atoms. The van der Waals surface area contributed by atoms with E-state index >= 15 is 0 Å². The zero-order chi connectivity index (χ0) is 11.4. The second kappa shape index (κ2) is 5.61. The fraction of sp³-hybridized carbons (Fsp3) is 0.909. The van der Waals surface area contributed by atoms with Crippen LogP contribution in [0.3, 0.4) is 0 Å². The minimum Gasteiger partial charge on any atom is -0.375 e. The summed E-state index contributed by atoms with van der Waals surface area (Å²) in [5, 5.41) is 2.81. The standard InChI is InChI=1S/C11H21N3O2/c12-4-5-13-11(15)8-14-6-7-16-10-3-1-2-9(10)14/h9-10H,1-8,12H2,(H,13,15). The van der Waals surface area contributed by atoms with Crippen molar-refractivity contribution in [2.75, 3.05) is 32.8 Å². The zero-order valence-electron chi connectivity index (χ0n) is 9.65. The highest BCUT2D eigenvalue weighted by atomic mass is 16.5. The highest BCUT2D eigenvalue weighted by Crippen LogP contribution is 2.29. The van der Waals surface area contributed by atoms with Crippen LogP contribution in [-0.2, 0) is 9.53 Å². The summed E-state index contributed by atoms with van der Waals surface area (Å²) < 4.78 is 5.70. The minimum atomic E-state index is 0.0815. The van der Waals surface area contributed by atoms with Crippen LogP contribution in [0.2, 0.25) is 0 Å². The zero-order valence-corrected chi connectivity index (χ0v) is 9.65. The van der Waals surface area contributed by atoms with Gasteiger partial charge in [0.05, 0.1) is 19.3 Å². The van der Waals surface area contributed by atoms with Crippen LogP contribution in [0.15, 0.2) is 0 Å². The van der Waals surface area contributed by atoms with Gasteiger partial charge in [0.15, 0.2) is 0 Å². The molecule has 1 aliphatic heterocycles. The van der Waals surface area contributed by atoms with Crippen molar-refractivity contribution in [1.29, 1.82) is 0 Å². The Morgan fingerprint density at radius 1 is 1.50 bits per heavy atom. The van der Waals surface area contributed by atoms with Crippen molar-refractivity contribution < 1.29 is 9.53 Å². The maximum atomic E-state index is 11.6. The number of nitrogens with zero attached hydrogens (tertiary/aromatic N) is 1. The number of carbonyl (C=O) groups excluding carboxylic acids is 1. The number of fused-ring (bicyclic) bond motifs is 1. The number of morpholine rings is 1. The second-order valence-corrected chi connectivity index (χ2v) is 4.52. The molecule has 0 aromatic carbocycles. The molecular formula is C11H21N3O2. The SMILES string of the molecule is NCCNC(=O)CN1CCOC2CCCC21. The molecule has 5 nitrogen and oxygen atoms in total. The van der Waals surface area contributed by atoms with Crippen molar-refractivity contribution in [2.45, 2.75) is 31.4 Å². The van der Waals surface area contributed by atoms with E-state index in [9.17, 15) is 4.79 Å². The van der Waals surface area contributed by atoms with E-state index in [0.717, 1.165) is 26.0 Å². The Balaban J connectivity index is 1.81. The Labute approximate surface area is 96.3 Å². The Bertz CT molecular complexity index is 247. The van der Waals surface area contributed by atoms with Crippen LogP contribution < -0.4 is 11.1 Å². The number of carbonyl (C=O) groups is 1. The molecule has 2 aliphatic rings. The molecule has 2 rings (SSSR count). The highest BCUT2D eigenvalue weighted by molar-refractivity contribution is 5.78. The number of rotatable bonds is 4. The number of nitrogens with one attached hydrogen (secondary N) is 1. The van der Waals surface area contributed by atoms with Crippen molar-refractivity contribution in [3.05, 3.63) is 0 Å². The summed E-state index contributed by atoms with van der Waals surface area (Å²) in [7, 11) is 0. The van der Waals surface area contributed by atoms with Crippen LogP contribution in [0.25, 0.3) is 0 Å². The molecule has 1 amide bonds. The lowest BCUT2D eigenvalue weighted by molar-refractivity contribution is -0.126. The lowest BCUT2D eigenvalue weighted by Crippen LogP contribution is -2.52. The first kappa shape index (κ1) is 11.8. The molecule has 2 unspecified atom stereocenters. The molecule has 92 valence electrons. The van der Waals surface area contributed by atoms with E-state index in [0.29, 0.717) is 31.8 Å². The molecule has 3 N–H and O–H groups in total. The van der Waals surface area contributed by atoms with Crippen LogP contribution in [0.4, 0.5) is 0 Å². The molecule has 2 atom stereocenters. The summed E-state index contributed by atoms with van der Waals surface area (Å²) in [6.07, 6.45) is 3.88. The van der Waals surface area contributed by atoms with E-state index < -0.39 is 0 Å².